The van der Waals surface area contributed by atoms with Crippen LogP contribution in [0.3, 0.4) is 0 Å². The van der Waals surface area contributed by atoms with Crippen molar-refractivity contribution < 1.29 is 12.8 Å². The molecule has 0 amide bonds. The number of sulfone groups is 1. The molecule has 7 heteroatoms. The third-order valence-corrected chi connectivity index (χ3v) is 2.17. The molecule has 13 heavy (non-hydrogen) atoms. The predicted molar refractivity (Wildman–Crippen MR) is 47.1 cm³/mol. The van der Waals surface area contributed by atoms with E-state index < -0.39 is 15.2 Å². The lowest BCUT2D eigenvalue weighted by molar-refractivity contribution is 0.461. The molecular weight excluding hydrogens is 216 g/mol. The largest absolute Gasteiger partial charge is 0.423 e. The maximum atomic E-state index is 10.8. The summed E-state index contributed by atoms with van der Waals surface area (Å²) >= 11 is 5.64. The van der Waals surface area contributed by atoms with Crippen molar-refractivity contribution in [1.82, 2.24) is 10.2 Å². The molecule has 0 spiro atoms. The number of nitrogens with zero attached hydrogens (tertiary/aromatic N) is 2. The van der Waals surface area contributed by atoms with Crippen molar-refractivity contribution in [3.05, 3.63) is 11.8 Å². The Bertz CT molecular complexity index is 384. The van der Waals surface area contributed by atoms with E-state index in [1.165, 1.54) is 0 Å². The van der Waals surface area contributed by atoms with Crippen LogP contribution in [0.4, 0.5) is 0 Å². The molecule has 74 valence electrons. The molecule has 0 aromatic carbocycles. The molecule has 1 atom stereocenters. The molecule has 0 N–H and O–H groups in total. The van der Waals surface area contributed by atoms with Crippen LogP contribution in [0.5, 0.6) is 0 Å². The highest BCUT2D eigenvalue weighted by atomic mass is 35.5. The fraction of sp³-hybridized carbons (Fsp3) is 0.667. The average molecular weight is 225 g/mol. The molecule has 0 saturated heterocycles. The maximum Gasteiger partial charge on any atom is 0.234 e. The maximum absolute atomic E-state index is 10.8. The van der Waals surface area contributed by atoms with Crippen LogP contribution >= 0.6 is 11.6 Å². The Labute approximate surface area is 81.0 Å². The molecule has 1 aromatic rings. The summed E-state index contributed by atoms with van der Waals surface area (Å²) in [5.41, 5.74) is 0. The summed E-state index contributed by atoms with van der Waals surface area (Å²) in [5, 5.41) is 6.73. The molecule has 0 fully saturated rings. The van der Waals surface area contributed by atoms with E-state index in [0.717, 1.165) is 6.26 Å². The second-order valence-corrected chi connectivity index (χ2v) is 5.51. The van der Waals surface area contributed by atoms with Crippen LogP contribution in [-0.2, 0) is 15.6 Å². The Morgan fingerprint density at radius 3 is 2.54 bits per heavy atom. The minimum absolute atomic E-state index is 0.0741. The molecule has 1 rings (SSSR count). The molecule has 0 aliphatic heterocycles. The van der Waals surface area contributed by atoms with Gasteiger partial charge in [-0.3, -0.25) is 0 Å². The highest BCUT2D eigenvalue weighted by Gasteiger charge is 2.14. The molecule has 1 aromatic heterocycles. The van der Waals surface area contributed by atoms with Crippen LogP contribution in [0.2, 0.25) is 0 Å². The average Bonchev–Trinajstić information content (AvgIpc) is 2.31. The molecule has 0 radical (unpaired) electrons. The zero-order chi connectivity index (χ0) is 10.1. The Kier molecular flexibility index (Phi) is 2.92. The standard InChI is InChI=1S/C6H9ClN2O3S/c1-4(7)6-9-8-5(12-6)3-13(2,10)11/h4H,3H2,1-2H3. The number of aromatic nitrogens is 2. The van der Waals surface area contributed by atoms with Crippen molar-refractivity contribution >= 4 is 21.4 Å². The van der Waals surface area contributed by atoms with Gasteiger partial charge in [0.25, 0.3) is 0 Å². The van der Waals surface area contributed by atoms with Gasteiger partial charge in [0.05, 0.1) is 0 Å². The molecule has 0 aliphatic rings. The summed E-state index contributed by atoms with van der Waals surface area (Å²) in [7, 11) is -3.13. The molecule has 0 aliphatic carbocycles. The lowest BCUT2D eigenvalue weighted by atomic mass is 10.5. The number of halogens is 1. The first-order valence-corrected chi connectivity index (χ1v) is 6.02. The third kappa shape index (κ3) is 3.31. The summed E-state index contributed by atoms with van der Waals surface area (Å²) in [4.78, 5) is 0. The van der Waals surface area contributed by atoms with E-state index in [-0.39, 0.29) is 17.5 Å². The summed E-state index contributed by atoms with van der Waals surface area (Å²) < 4.78 is 26.6. The van der Waals surface area contributed by atoms with Gasteiger partial charge in [0, 0.05) is 6.26 Å². The Morgan fingerprint density at radius 2 is 2.15 bits per heavy atom. The minimum atomic E-state index is -3.13. The van der Waals surface area contributed by atoms with E-state index in [0.29, 0.717) is 0 Å². The van der Waals surface area contributed by atoms with E-state index in [9.17, 15) is 8.42 Å². The summed E-state index contributed by atoms with van der Waals surface area (Å²) in [6.07, 6.45) is 1.10. The van der Waals surface area contributed by atoms with Gasteiger partial charge in [-0.15, -0.1) is 21.8 Å². The minimum Gasteiger partial charge on any atom is -0.423 e. The molecular formula is C6H9ClN2O3S. The van der Waals surface area contributed by atoms with Crippen LogP contribution in [0.25, 0.3) is 0 Å². The van der Waals surface area contributed by atoms with Crippen molar-refractivity contribution in [2.24, 2.45) is 0 Å². The lowest BCUT2D eigenvalue weighted by Gasteiger charge is -1.92. The van der Waals surface area contributed by atoms with Gasteiger partial charge in [0.15, 0.2) is 9.84 Å². The first kappa shape index (κ1) is 10.5. The van der Waals surface area contributed by atoms with Gasteiger partial charge in [0.1, 0.15) is 11.1 Å². The first-order valence-electron chi connectivity index (χ1n) is 3.52. The smallest absolute Gasteiger partial charge is 0.234 e. The normalized spacial score (nSPS) is 14.4. The second-order valence-electron chi connectivity index (χ2n) is 2.72. The summed E-state index contributed by atoms with van der Waals surface area (Å²) in [5.74, 6) is 0.0641. The Balaban J connectivity index is 2.81. The Morgan fingerprint density at radius 1 is 1.54 bits per heavy atom. The van der Waals surface area contributed by atoms with Crippen LogP contribution in [0.1, 0.15) is 24.1 Å². The van der Waals surface area contributed by atoms with E-state index in [2.05, 4.69) is 10.2 Å². The van der Waals surface area contributed by atoms with Crippen LogP contribution in [0, 0.1) is 0 Å². The van der Waals surface area contributed by atoms with Gasteiger partial charge >= 0.3 is 0 Å². The van der Waals surface area contributed by atoms with Crippen molar-refractivity contribution in [1.29, 1.82) is 0 Å². The third-order valence-electron chi connectivity index (χ3n) is 1.21. The van der Waals surface area contributed by atoms with Gasteiger partial charge in [-0.1, -0.05) is 0 Å². The van der Waals surface area contributed by atoms with Crippen molar-refractivity contribution in [3.8, 4) is 0 Å². The van der Waals surface area contributed by atoms with E-state index in [1.807, 2.05) is 0 Å². The molecule has 1 unspecified atom stereocenters. The highest BCUT2D eigenvalue weighted by Crippen LogP contribution is 2.17. The first-order chi connectivity index (χ1) is 5.88. The Hall–Kier alpha value is -0.620. The number of alkyl halides is 1. The number of hydrogen-bond acceptors (Lipinski definition) is 5. The van der Waals surface area contributed by atoms with E-state index in [4.69, 9.17) is 16.0 Å². The van der Waals surface area contributed by atoms with Gasteiger partial charge in [-0.05, 0) is 6.92 Å². The molecule has 1 heterocycles. The van der Waals surface area contributed by atoms with E-state index >= 15 is 0 Å². The highest BCUT2D eigenvalue weighted by molar-refractivity contribution is 7.89. The fourth-order valence-corrected chi connectivity index (χ4v) is 1.36. The molecule has 5 nitrogen and oxygen atoms in total. The van der Waals surface area contributed by atoms with Crippen LogP contribution < -0.4 is 0 Å². The van der Waals surface area contributed by atoms with Gasteiger partial charge < -0.3 is 4.42 Å². The van der Waals surface area contributed by atoms with Gasteiger partial charge in [-0.25, -0.2) is 8.42 Å². The SMILES string of the molecule is CC(Cl)c1nnc(CS(C)(=O)=O)o1. The zero-order valence-electron chi connectivity index (χ0n) is 7.19. The quantitative estimate of drug-likeness (QED) is 0.714. The van der Waals surface area contributed by atoms with Crippen LogP contribution in [0.15, 0.2) is 4.42 Å². The lowest BCUT2D eigenvalue weighted by Crippen LogP contribution is -2.00. The molecule has 0 saturated carbocycles. The second kappa shape index (κ2) is 3.63. The van der Waals surface area contributed by atoms with Crippen molar-refractivity contribution in [2.75, 3.05) is 6.26 Å². The predicted octanol–water partition coefficient (Wildman–Crippen LogP) is 0.914. The zero-order valence-corrected chi connectivity index (χ0v) is 8.76. The molecule has 0 bridgehead atoms. The topological polar surface area (TPSA) is 73.1 Å². The fourth-order valence-electron chi connectivity index (χ4n) is 0.710. The monoisotopic (exact) mass is 224 g/mol. The van der Waals surface area contributed by atoms with Gasteiger partial charge in [0.2, 0.25) is 11.8 Å². The van der Waals surface area contributed by atoms with Crippen molar-refractivity contribution in [3.63, 3.8) is 0 Å². The van der Waals surface area contributed by atoms with Crippen molar-refractivity contribution in [2.45, 2.75) is 18.1 Å². The van der Waals surface area contributed by atoms with Gasteiger partial charge in [-0.2, -0.15) is 0 Å². The number of rotatable bonds is 3. The van der Waals surface area contributed by atoms with E-state index in [1.54, 1.807) is 6.92 Å². The summed E-state index contributed by atoms with van der Waals surface area (Å²) in [6.45, 7) is 1.67. The van der Waals surface area contributed by atoms with Crippen LogP contribution in [-0.4, -0.2) is 24.9 Å². The summed E-state index contributed by atoms with van der Waals surface area (Å²) in [6, 6.07) is 0. The number of hydrogen-bond donors (Lipinski definition) is 0.